The van der Waals surface area contributed by atoms with E-state index >= 15 is 0 Å². The van der Waals surface area contributed by atoms with Crippen molar-refractivity contribution in [3.63, 3.8) is 0 Å². The summed E-state index contributed by atoms with van der Waals surface area (Å²) in [6.45, 7) is 0.771. The van der Waals surface area contributed by atoms with Crippen molar-refractivity contribution in [2.24, 2.45) is 5.73 Å². The molecule has 0 unspecified atom stereocenters. The van der Waals surface area contributed by atoms with Crippen molar-refractivity contribution in [3.05, 3.63) is 28.8 Å². The molecule has 1 aliphatic heterocycles. The lowest BCUT2D eigenvalue weighted by Gasteiger charge is -2.26. The van der Waals surface area contributed by atoms with Crippen LogP contribution in [0.15, 0.2) is 12.1 Å². The van der Waals surface area contributed by atoms with Crippen LogP contribution in [0, 0.1) is 0 Å². The fourth-order valence-corrected chi connectivity index (χ4v) is 2.65. The van der Waals surface area contributed by atoms with Crippen molar-refractivity contribution in [1.29, 1.82) is 0 Å². The molecule has 0 fully saturated rings. The predicted octanol–water partition coefficient (Wildman–Crippen LogP) is 2.35. The molecular formula is C13H17NO. The van der Waals surface area contributed by atoms with Crippen molar-refractivity contribution in [3.8, 4) is 5.75 Å². The first-order chi connectivity index (χ1) is 7.34. The number of nitrogens with two attached hydrogens (primary N) is 1. The van der Waals surface area contributed by atoms with Crippen LogP contribution in [0.4, 0.5) is 0 Å². The Morgan fingerprint density at radius 2 is 1.87 bits per heavy atom. The Balaban J connectivity index is 2.08. The highest BCUT2D eigenvalue weighted by molar-refractivity contribution is 5.46. The molecule has 15 heavy (non-hydrogen) atoms. The molecule has 2 heteroatoms. The van der Waals surface area contributed by atoms with Gasteiger partial charge >= 0.3 is 0 Å². The number of hydrogen-bond acceptors (Lipinski definition) is 2. The highest BCUT2D eigenvalue weighted by atomic mass is 16.5. The third-order valence-electron chi connectivity index (χ3n) is 3.56. The molecule has 2 nitrogen and oxygen atoms in total. The Hall–Kier alpha value is -1.02. The predicted molar refractivity (Wildman–Crippen MR) is 60.1 cm³/mol. The molecule has 1 heterocycles. The highest BCUT2D eigenvalue weighted by Gasteiger charge is 2.21. The normalized spacial score (nSPS) is 23.9. The lowest BCUT2D eigenvalue weighted by molar-refractivity contribution is 0.268. The van der Waals surface area contributed by atoms with Crippen LogP contribution < -0.4 is 10.5 Å². The average molecular weight is 203 g/mol. The molecule has 2 aliphatic rings. The van der Waals surface area contributed by atoms with Gasteiger partial charge in [-0.1, -0.05) is 6.07 Å². The summed E-state index contributed by atoms with van der Waals surface area (Å²) in [4.78, 5) is 0. The maximum absolute atomic E-state index is 6.10. The molecular weight excluding hydrogens is 186 g/mol. The minimum Gasteiger partial charge on any atom is -0.493 e. The van der Waals surface area contributed by atoms with Gasteiger partial charge in [-0.25, -0.2) is 0 Å². The molecule has 0 bridgehead atoms. The van der Waals surface area contributed by atoms with E-state index in [0.29, 0.717) is 0 Å². The SMILES string of the molecule is N[C@@H]1CCOc2cc3c(cc21)CCCC3. The standard InChI is InChI=1S/C13H17NO/c14-12-5-6-15-13-8-10-4-2-1-3-9(10)7-11(12)13/h7-8,12H,1-6,14H2/t12-/m1/s1. The first-order valence-corrected chi connectivity index (χ1v) is 5.88. The Morgan fingerprint density at radius 1 is 1.13 bits per heavy atom. The van der Waals surface area contributed by atoms with Crippen molar-refractivity contribution in [2.75, 3.05) is 6.61 Å². The van der Waals surface area contributed by atoms with Crippen molar-refractivity contribution in [2.45, 2.75) is 38.1 Å². The quantitative estimate of drug-likeness (QED) is 0.702. The summed E-state index contributed by atoms with van der Waals surface area (Å²) < 4.78 is 5.68. The van der Waals surface area contributed by atoms with Gasteiger partial charge in [0.15, 0.2) is 0 Å². The summed E-state index contributed by atoms with van der Waals surface area (Å²) in [6.07, 6.45) is 6.02. The largest absolute Gasteiger partial charge is 0.493 e. The van der Waals surface area contributed by atoms with E-state index in [0.717, 1.165) is 18.8 Å². The van der Waals surface area contributed by atoms with Crippen LogP contribution in [0.3, 0.4) is 0 Å². The van der Waals surface area contributed by atoms with Crippen LogP contribution >= 0.6 is 0 Å². The maximum Gasteiger partial charge on any atom is 0.124 e. The van der Waals surface area contributed by atoms with E-state index in [-0.39, 0.29) is 6.04 Å². The zero-order valence-electron chi connectivity index (χ0n) is 8.96. The summed E-state index contributed by atoms with van der Waals surface area (Å²) in [5.74, 6) is 1.04. The fraction of sp³-hybridized carbons (Fsp3) is 0.538. The smallest absolute Gasteiger partial charge is 0.124 e. The second-order valence-electron chi connectivity index (χ2n) is 4.61. The van der Waals surface area contributed by atoms with Crippen molar-refractivity contribution >= 4 is 0 Å². The van der Waals surface area contributed by atoms with Crippen molar-refractivity contribution < 1.29 is 4.74 Å². The zero-order valence-corrected chi connectivity index (χ0v) is 8.96. The minimum absolute atomic E-state index is 0.181. The summed E-state index contributed by atoms with van der Waals surface area (Å²) in [7, 11) is 0. The van der Waals surface area contributed by atoms with Crippen LogP contribution in [0.1, 0.15) is 42.0 Å². The van der Waals surface area contributed by atoms with Gasteiger partial charge in [-0.3, -0.25) is 0 Å². The summed E-state index contributed by atoms with van der Waals surface area (Å²) in [5, 5.41) is 0. The number of benzene rings is 1. The lowest BCUT2D eigenvalue weighted by Crippen LogP contribution is -2.21. The van der Waals surface area contributed by atoms with Gasteiger partial charge in [-0.2, -0.15) is 0 Å². The van der Waals surface area contributed by atoms with E-state index in [1.807, 2.05) is 0 Å². The summed E-state index contributed by atoms with van der Waals surface area (Å²) in [6, 6.07) is 4.69. The molecule has 1 aliphatic carbocycles. The van der Waals surface area contributed by atoms with E-state index < -0.39 is 0 Å². The lowest BCUT2D eigenvalue weighted by atomic mass is 9.87. The highest BCUT2D eigenvalue weighted by Crippen LogP contribution is 2.35. The molecule has 0 saturated carbocycles. The van der Waals surface area contributed by atoms with E-state index in [2.05, 4.69) is 12.1 Å². The number of aryl methyl sites for hydroxylation is 2. The third kappa shape index (κ3) is 1.53. The van der Waals surface area contributed by atoms with Gasteiger partial charge < -0.3 is 10.5 Å². The fourth-order valence-electron chi connectivity index (χ4n) is 2.65. The molecule has 80 valence electrons. The molecule has 0 saturated heterocycles. The first kappa shape index (κ1) is 9.22. The number of rotatable bonds is 0. The van der Waals surface area contributed by atoms with Crippen LogP contribution in [-0.4, -0.2) is 6.61 Å². The second kappa shape index (κ2) is 3.53. The zero-order chi connectivity index (χ0) is 10.3. The molecule has 1 aromatic carbocycles. The Morgan fingerprint density at radius 3 is 2.67 bits per heavy atom. The number of ether oxygens (including phenoxy) is 1. The van der Waals surface area contributed by atoms with Gasteiger partial charge in [0.25, 0.3) is 0 Å². The van der Waals surface area contributed by atoms with Crippen LogP contribution in [-0.2, 0) is 12.8 Å². The second-order valence-corrected chi connectivity index (χ2v) is 4.61. The Labute approximate surface area is 90.4 Å². The molecule has 2 N–H and O–H groups in total. The van der Waals surface area contributed by atoms with E-state index in [9.17, 15) is 0 Å². The Bertz CT molecular complexity index is 386. The summed E-state index contributed by atoms with van der Waals surface area (Å²) >= 11 is 0. The number of hydrogen-bond donors (Lipinski definition) is 1. The van der Waals surface area contributed by atoms with Crippen LogP contribution in [0.5, 0.6) is 5.75 Å². The molecule has 0 spiro atoms. The molecule has 1 atom stereocenters. The van der Waals surface area contributed by atoms with E-state index in [1.54, 1.807) is 0 Å². The number of fused-ring (bicyclic) bond motifs is 2. The van der Waals surface area contributed by atoms with Gasteiger partial charge in [0.05, 0.1) is 6.61 Å². The monoisotopic (exact) mass is 203 g/mol. The first-order valence-electron chi connectivity index (χ1n) is 5.88. The molecule has 1 aromatic rings. The van der Waals surface area contributed by atoms with E-state index in [4.69, 9.17) is 10.5 Å². The molecule has 0 radical (unpaired) electrons. The summed E-state index contributed by atoms with van der Waals surface area (Å²) in [5.41, 5.74) is 10.3. The van der Waals surface area contributed by atoms with E-state index in [1.165, 1.54) is 42.4 Å². The topological polar surface area (TPSA) is 35.2 Å². The van der Waals surface area contributed by atoms with Gasteiger partial charge in [0, 0.05) is 18.0 Å². The minimum atomic E-state index is 0.181. The maximum atomic E-state index is 6.10. The van der Waals surface area contributed by atoms with Gasteiger partial charge in [0.2, 0.25) is 0 Å². The molecule has 0 amide bonds. The third-order valence-corrected chi connectivity index (χ3v) is 3.56. The van der Waals surface area contributed by atoms with Gasteiger partial charge in [-0.15, -0.1) is 0 Å². The van der Waals surface area contributed by atoms with Gasteiger partial charge in [-0.05, 0) is 42.9 Å². The van der Waals surface area contributed by atoms with Gasteiger partial charge in [0.1, 0.15) is 5.75 Å². The van der Waals surface area contributed by atoms with Crippen LogP contribution in [0.25, 0.3) is 0 Å². The average Bonchev–Trinajstić information content (AvgIpc) is 2.27. The van der Waals surface area contributed by atoms with Crippen molar-refractivity contribution in [1.82, 2.24) is 0 Å². The Kier molecular flexibility index (Phi) is 2.17. The molecule has 3 rings (SSSR count). The molecule has 0 aromatic heterocycles. The van der Waals surface area contributed by atoms with Crippen LogP contribution in [0.2, 0.25) is 0 Å².